The zero-order chi connectivity index (χ0) is 13.1. The number of tetrazole rings is 1. The molecule has 2 N–H and O–H groups in total. The molecule has 2 rings (SSSR count). The van der Waals surface area contributed by atoms with Crippen molar-refractivity contribution >= 4 is 17.3 Å². The van der Waals surface area contributed by atoms with Crippen molar-refractivity contribution < 1.29 is 4.74 Å². The summed E-state index contributed by atoms with van der Waals surface area (Å²) in [6, 6.07) is 5.26. The van der Waals surface area contributed by atoms with Crippen molar-refractivity contribution in [3.05, 3.63) is 23.2 Å². The fraction of sp³-hybridized carbons (Fsp3) is 0.364. The summed E-state index contributed by atoms with van der Waals surface area (Å²) in [4.78, 5) is 0. The molecule has 0 aliphatic carbocycles. The van der Waals surface area contributed by atoms with Gasteiger partial charge in [-0.2, -0.15) is 0 Å². The Labute approximate surface area is 110 Å². The Bertz CT molecular complexity index is 542. The Morgan fingerprint density at radius 3 is 2.94 bits per heavy atom. The average Bonchev–Trinajstić information content (AvgIpc) is 2.78. The third-order valence-corrected chi connectivity index (χ3v) is 2.81. The van der Waals surface area contributed by atoms with Crippen molar-refractivity contribution in [2.75, 3.05) is 19.5 Å². The summed E-state index contributed by atoms with van der Waals surface area (Å²) in [5.74, 6) is 0.605. The number of halogens is 1. The van der Waals surface area contributed by atoms with E-state index in [9.17, 15) is 0 Å². The monoisotopic (exact) mass is 267 g/mol. The van der Waals surface area contributed by atoms with Crippen LogP contribution < -0.4 is 5.73 Å². The first kappa shape index (κ1) is 12.8. The number of nitrogens with two attached hydrogens (primary N) is 1. The molecule has 0 aliphatic heterocycles. The van der Waals surface area contributed by atoms with E-state index in [4.69, 9.17) is 22.1 Å². The lowest BCUT2D eigenvalue weighted by Crippen LogP contribution is -2.14. The molecule has 96 valence electrons. The van der Waals surface area contributed by atoms with E-state index in [2.05, 4.69) is 15.5 Å². The summed E-state index contributed by atoms with van der Waals surface area (Å²) < 4.78 is 6.78. The molecule has 0 bridgehead atoms. The summed E-state index contributed by atoms with van der Waals surface area (Å²) in [7, 11) is 1.64. The van der Waals surface area contributed by atoms with Crippen LogP contribution in [-0.2, 0) is 4.74 Å². The molecule has 1 heterocycles. The maximum absolute atomic E-state index is 5.93. The molecule has 0 amide bonds. The molecule has 1 aromatic carbocycles. The highest BCUT2D eigenvalue weighted by Crippen LogP contribution is 2.27. The Morgan fingerprint density at radius 2 is 2.28 bits per heavy atom. The van der Waals surface area contributed by atoms with Gasteiger partial charge in [0.05, 0.1) is 12.6 Å². The van der Waals surface area contributed by atoms with Gasteiger partial charge in [-0.05, 0) is 35.5 Å². The van der Waals surface area contributed by atoms with Crippen LogP contribution in [0, 0.1) is 0 Å². The number of nitrogens with zero attached hydrogens (tertiary/aromatic N) is 4. The lowest BCUT2D eigenvalue weighted by Gasteiger charge is -2.13. The minimum absolute atomic E-state index is 0.0232. The Morgan fingerprint density at radius 1 is 1.50 bits per heavy atom. The van der Waals surface area contributed by atoms with Crippen LogP contribution >= 0.6 is 11.6 Å². The van der Waals surface area contributed by atoms with Crippen LogP contribution in [0.3, 0.4) is 0 Å². The van der Waals surface area contributed by atoms with E-state index >= 15 is 0 Å². The van der Waals surface area contributed by atoms with Gasteiger partial charge >= 0.3 is 0 Å². The first-order valence-electron chi connectivity index (χ1n) is 5.45. The van der Waals surface area contributed by atoms with Crippen LogP contribution in [-0.4, -0.2) is 33.9 Å². The Balaban J connectivity index is 2.42. The molecule has 7 heteroatoms. The van der Waals surface area contributed by atoms with Gasteiger partial charge in [-0.1, -0.05) is 11.6 Å². The van der Waals surface area contributed by atoms with Gasteiger partial charge < -0.3 is 10.5 Å². The van der Waals surface area contributed by atoms with Gasteiger partial charge in [0.25, 0.3) is 0 Å². The van der Waals surface area contributed by atoms with E-state index in [0.717, 1.165) is 5.56 Å². The lowest BCUT2D eigenvalue weighted by molar-refractivity contribution is 0.156. The largest absolute Gasteiger partial charge is 0.398 e. The second kappa shape index (κ2) is 5.32. The summed E-state index contributed by atoms with van der Waals surface area (Å²) >= 11 is 5.87. The quantitative estimate of drug-likeness (QED) is 0.855. The Hall–Kier alpha value is -1.66. The van der Waals surface area contributed by atoms with E-state index in [1.807, 2.05) is 6.92 Å². The number of rotatable bonds is 4. The number of hydrogen-bond acceptors (Lipinski definition) is 5. The molecule has 0 spiro atoms. The van der Waals surface area contributed by atoms with Crippen molar-refractivity contribution in [3.63, 3.8) is 0 Å². The van der Waals surface area contributed by atoms with Gasteiger partial charge in [-0.15, -0.1) is 5.10 Å². The topological polar surface area (TPSA) is 78.8 Å². The van der Waals surface area contributed by atoms with Crippen molar-refractivity contribution in [1.29, 1.82) is 0 Å². The minimum atomic E-state index is 0.0232. The molecule has 0 radical (unpaired) electrons. The van der Waals surface area contributed by atoms with E-state index in [0.29, 0.717) is 23.1 Å². The standard InChI is InChI=1S/C11H14ClN5O/c1-7(6-18-2)17-11(14-15-16-17)9-4-3-8(12)5-10(9)13/h3-5,7H,6,13H2,1-2H3. The number of methoxy groups -OCH3 is 1. The van der Waals surface area contributed by atoms with Crippen molar-refractivity contribution in [1.82, 2.24) is 20.2 Å². The number of ether oxygens (including phenoxy) is 1. The van der Waals surface area contributed by atoms with Crippen LogP contribution in [0.1, 0.15) is 13.0 Å². The van der Waals surface area contributed by atoms with Gasteiger partial charge in [-0.25, -0.2) is 4.68 Å². The average molecular weight is 268 g/mol. The Kier molecular flexibility index (Phi) is 3.78. The molecule has 6 nitrogen and oxygen atoms in total. The molecule has 1 unspecified atom stereocenters. The van der Waals surface area contributed by atoms with E-state index in [-0.39, 0.29) is 6.04 Å². The van der Waals surface area contributed by atoms with E-state index in [1.54, 1.807) is 30.0 Å². The minimum Gasteiger partial charge on any atom is -0.398 e. The molecule has 0 saturated heterocycles. The molecular formula is C11H14ClN5O. The third kappa shape index (κ3) is 2.44. The van der Waals surface area contributed by atoms with Crippen molar-refractivity contribution in [3.8, 4) is 11.4 Å². The highest BCUT2D eigenvalue weighted by molar-refractivity contribution is 6.31. The summed E-state index contributed by atoms with van der Waals surface area (Å²) in [5, 5.41) is 12.2. The molecule has 18 heavy (non-hydrogen) atoms. The van der Waals surface area contributed by atoms with Crippen LogP contribution in [0.15, 0.2) is 18.2 Å². The normalized spacial score (nSPS) is 12.6. The highest BCUT2D eigenvalue weighted by atomic mass is 35.5. The zero-order valence-electron chi connectivity index (χ0n) is 10.2. The van der Waals surface area contributed by atoms with Gasteiger partial charge in [0.15, 0.2) is 5.82 Å². The SMILES string of the molecule is COCC(C)n1nnnc1-c1ccc(Cl)cc1N. The van der Waals surface area contributed by atoms with Crippen LogP contribution in [0.4, 0.5) is 5.69 Å². The number of nitrogen functional groups attached to an aromatic ring is 1. The van der Waals surface area contributed by atoms with Crippen molar-refractivity contribution in [2.45, 2.75) is 13.0 Å². The lowest BCUT2D eigenvalue weighted by atomic mass is 10.1. The smallest absolute Gasteiger partial charge is 0.184 e. The van der Waals surface area contributed by atoms with Crippen LogP contribution in [0.5, 0.6) is 0 Å². The predicted octanol–water partition coefficient (Wildman–Crippen LogP) is 1.78. The van der Waals surface area contributed by atoms with Crippen LogP contribution in [0.25, 0.3) is 11.4 Å². The predicted molar refractivity (Wildman–Crippen MR) is 69.3 cm³/mol. The zero-order valence-corrected chi connectivity index (χ0v) is 10.9. The van der Waals surface area contributed by atoms with Gasteiger partial charge in [0.2, 0.25) is 0 Å². The molecule has 0 fully saturated rings. The third-order valence-electron chi connectivity index (χ3n) is 2.57. The molecule has 1 aromatic heterocycles. The van der Waals surface area contributed by atoms with Crippen LogP contribution in [0.2, 0.25) is 5.02 Å². The van der Waals surface area contributed by atoms with E-state index < -0.39 is 0 Å². The van der Waals surface area contributed by atoms with Crippen molar-refractivity contribution in [2.24, 2.45) is 0 Å². The summed E-state index contributed by atoms with van der Waals surface area (Å²) in [6.45, 7) is 2.49. The molecule has 1 atom stereocenters. The maximum atomic E-state index is 5.93. The van der Waals surface area contributed by atoms with Gasteiger partial charge in [0.1, 0.15) is 0 Å². The highest BCUT2D eigenvalue weighted by Gasteiger charge is 2.16. The number of aromatic nitrogens is 4. The first-order valence-corrected chi connectivity index (χ1v) is 5.83. The molecule has 0 aliphatic rings. The first-order chi connectivity index (χ1) is 8.63. The molecule has 0 saturated carbocycles. The number of benzene rings is 1. The molecular weight excluding hydrogens is 254 g/mol. The second-order valence-corrected chi connectivity index (χ2v) is 4.42. The second-order valence-electron chi connectivity index (χ2n) is 3.98. The molecule has 2 aromatic rings. The van der Waals surface area contributed by atoms with Gasteiger partial charge in [0, 0.05) is 23.4 Å². The number of anilines is 1. The fourth-order valence-electron chi connectivity index (χ4n) is 1.72. The number of hydrogen-bond donors (Lipinski definition) is 1. The maximum Gasteiger partial charge on any atom is 0.184 e. The summed E-state index contributed by atoms with van der Waals surface area (Å²) in [5.41, 5.74) is 7.23. The van der Waals surface area contributed by atoms with Gasteiger partial charge in [-0.3, -0.25) is 0 Å². The summed E-state index contributed by atoms with van der Waals surface area (Å²) in [6.07, 6.45) is 0. The fourth-order valence-corrected chi connectivity index (χ4v) is 1.90. The van der Waals surface area contributed by atoms with E-state index in [1.165, 1.54) is 0 Å².